The lowest BCUT2D eigenvalue weighted by Gasteiger charge is -2.65. The smallest absolute Gasteiger partial charge is 0.110 e. The van der Waals surface area contributed by atoms with Gasteiger partial charge in [-0.1, -0.05) is 28.2 Å². The van der Waals surface area contributed by atoms with Gasteiger partial charge in [-0.15, -0.1) is 11.8 Å². The molecule has 4 aliphatic heterocycles. The van der Waals surface area contributed by atoms with Crippen molar-refractivity contribution < 1.29 is 9.47 Å². The van der Waals surface area contributed by atoms with Crippen LogP contribution >= 0.6 is 23.5 Å². The Labute approximate surface area is 181 Å². The summed E-state index contributed by atoms with van der Waals surface area (Å²) >= 11 is 4.02. The number of hydrogen-bond acceptors (Lipinski definition) is 4. The minimum absolute atomic E-state index is 0. The Balaban J connectivity index is 0.000000165. The summed E-state index contributed by atoms with van der Waals surface area (Å²) in [4.78, 5) is 0. The Bertz CT molecular complexity index is 528. The van der Waals surface area contributed by atoms with E-state index in [9.17, 15) is 0 Å². The normalized spacial score (nSPS) is 52.6. The molecule has 5 aliphatic rings. The lowest BCUT2D eigenvalue weighted by molar-refractivity contribution is -0.112. The molecule has 9 heteroatoms. The molecule has 4 heterocycles. The van der Waals surface area contributed by atoms with Crippen LogP contribution in [0.3, 0.4) is 0 Å². The van der Waals surface area contributed by atoms with Crippen LogP contribution in [0.25, 0.3) is 0 Å². The van der Waals surface area contributed by atoms with E-state index in [1.54, 1.807) is 0 Å². The van der Waals surface area contributed by atoms with Crippen molar-refractivity contribution in [3.05, 3.63) is 0 Å². The zero-order valence-corrected chi connectivity index (χ0v) is 17.9. The molecule has 3 unspecified atom stereocenters. The summed E-state index contributed by atoms with van der Waals surface area (Å²) in [5.74, 6) is 2.55. The lowest BCUT2D eigenvalue weighted by Crippen LogP contribution is -2.69. The predicted octanol–water partition coefficient (Wildman–Crippen LogP) is 2.46. The average molecular weight is 397 g/mol. The van der Waals surface area contributed by atoms with Crippen molar-refractivity contribution in [2.45, 2.75) is 92.8 Å². The summed E-state index contributed by atoms with van der Waals surface area (Å²) in [7, 11) is 21.7. The van der Waals surface area contributed by atoms with Gasteiger partial charge in [0, 0.05) is 61.5 Å². The van der Waals surface area contributed by atoms with Crippen LogP contribution in [0, 0.1) is 11.8 Å². The first-order valence-corrected chi connectivity index (χ1v) is 11.6. The monoisotopic (exact) mass is 397 g/mol. The van der Waals surface area contributed by atoms with Gasteiger partial charge in [0.15, 0.2) is 0 Å². The Morgan fingerprint density at radius 2 is 1.56 bits per heavy atom. The SMILES string of the molecule is C.[B][B][B].[B][C@@H]1O[C@@]2(CC)CC3(C)S[C@H]1C32.[B][C@@H]1O[C@]2(CC)CS[C@@H]1C2C. The topological polar surface area (TPSA) is 18.5 Å². The van der Waals surface area contributed by atoms with Gasteiger partial charge in [0.05, 0.1) is 11.2 Å². The molecule has 1 saturated carbocycles. The summed E-state index contributed by atoms with van der Waals surface area (Å²) in [5, 5.41) is 1.15. The second-order valence-electron chi connectivity index (χ2n) is 8.31. The van der Waals surface area contributed by atoms with Crippen molar-refractivity contribution in [1.29, 1.82) is 0 Å². The Hall–Kier alpha value is 0.945. The van der Waals surface area contributed by atoms with Gasteiger partial charge in [-0.25, -0.2) is 0 Å². The van der Waals surface area contributed by atoms with Gasteiger partial charge in [-0.2, -0.15) is 11.8 Å². The van der Waals surface area contributed by atoms with Crippen LogP contribution < -0.4 is 0 Å². The van der Waals surface area contributed by atoms with Crippen LogP contribution in [0.5, 0.6) is 0 Å². The van der Waals surface area contributed by atoms with Gasteiger partial charge in [0.1, 0.15) is 15.7 Å². The van der Waals surface area contributed by atoms with Gasteiger partial charge < -0.3 is 9.47 Å². The van der Waals surface area contributed by atoms with Crippen LogP contribution in [0.15, 0.2) is 0 Å². The van der Waals surface area contributed by atoms with Gasteiger partial charge in [0.25, 0.3) is 0 Å². The average Bonchev–Trinajstić information content (AvgIpc) is 3.06. The van der Waals surface area contributed by atoms with Crippen LogP contribution in [0.1, 0.15) is 54.4 Å². The highest BCUT2D eigenvalue weighted by molar-refractivity contribution is 8.03. The molecule has 1 aliphatic carbocycles. The summed E-state index contributed by atoms with van der Waals surface area (Å²) in [6, 6.07) is -0.000718. The molecule has 2 bridgehead atoms. The molecule has 5 rings (SSSR count). The molecule has 0 spiro atoms. The highest BCUT2D eigenvalue weighted by atomic mass is 32.2. The number of rotatable bonds is 2. The van der Waals surface area contributed by atoms with E-state index in [1.165, 1.54) is 6.42 Å². The zero-order valence-electron chi connectivity index (χ0n) is 16.3. The minimum Gasteiger partial charge on any atom is -0.380 e. The van der Waals surface area contributed by atoms with E-state index in [-0.39, 0.29) is 30.6 Å². The fourth-order valence-electron chi connectivity index (χ4n) is 5.62. The molecular weight excluding hydrogens is 366 g/mol. The minimum atomic E-state index is -0.0105. The number of thioether (sulfide) groups is 2. The van der Waals surface area contributed by atoms with Gasteiger partial charge >= 0.3 is 0 Å². The number of fused-ring (bicyclic) bond motifs is 2. The number of hydrogen-bond donors (Lipinski definition) is 0. The van der Waals surface area contributed by atoms with Crippen LogP contribution in [0.4, 0.5) is 0 Å². The van der Waals surface area contributed by atoms with Crippen LogP contribution in [-0.2, 0) is 9.47 Å². The van der Waals surface area contributed by atoms with E-state index in [0.29, 0.717) is 21.2 Å². The van der Waals surface area contributed by atoms with E-state index >= 15 is 0 Å². The van der Waals surface area contributed by atoms with Gasteiger partial charge in [0.2, 0.25) is 0 Å². The van der Waals surface area contributed by atoms with Crippen LogP contribution in [0.2, 0.25) is 0 Å². The highest BCUT2D eigenvalue weighted by Gasteiger charge is 2.76. The third kappa shape index (κ3) is 3.63. The van der Waals surface area contributed by atoms with Crippen molar-refractivity contribution >= 4 is 61.8 Å². The molecule has 2 nitrogen and oxygen atoms in total. The van der Waals surface area contributed by atoms with E-state index in [4.69, 9.17) is 25.2 Å². The summed E-state index contributed by atoms with van der Waals surface area (Å²) in [6.45, 7) is 9.03. The molecule has 4 saturated heterocycles. The molecule has 0 aromatic rings. The van der Waals surface area contributed by atoms with E-state index < -0.39 is 0 Å². The second-order valence-corrected chi connectivity index (χ2v) is 11.2. The van der Waals surface area contributed by atoms with E-state index in [1.807, 2.05) is 23.5 Å². The Morgan fingerprint density at radius 1 is 1.04 bits per heavy atom. The summed E-state index contributed by atoms with van der Waals surface area (Å²) < 4.78 is 12.2. The summed E-state index contributed by atoms with van der Waals surface area (Å²) in [5.41, 5.74) is 0.304. The fraction of sp³-hybridized carbons (Fsp3) is 1.00. The molecule has 0 aromatic heterocycles. The van der Waals surface area contributed by atoms with Crippen molar-refractivity contribution in [2.24, 2.45) is 11.8 Å². The van der Waals surface area contributed by atoms with Crippen molar-refractivity contribution in [2.75, 3.05) is 5.75 Å². The Morgan fingerprint density at radius 3 is 1.89 bits per heavy atom. The standard InChI is InChI=1S/C9H13BOS.C8H13BOS.CH4.B3/c1-3-9-4-8(2)6(9)5(12-8)7(10)11-9;1-3-8-4-11-6(5(8)2)7(9)10-8;;1-3-2/h5-7H,3-4H2,1-2H3;5-7H,3-4H2,1-2H3;1H4;/t5-,6?,7+,8?,9-;5?,6-,7-,8-;;/m01../s1. The third-order valence-corrected chi connectivity index (χ3v) is 10.5. The molecule has 9 radical (unpaired) electrons. The molecule has 27 heavy (non-hydrogen) atoms. The molecule has 9 atom stereocenters. The lowest BCUT2D eigenvalue weighted by atomic mass is 9.40. The maximum absolute atomic E-state index is 5.91. The fourth-order valence-corrected chi connectivity index (χ4v) is 9.52. The molecular formula is C18H30B5O2S2. The molecule has 5 fully saturated rings. The van der Waals surface area contributed by atoms with E-state index in [2.05, 4.69) is 43.2 Å². The summed E-state index contributed by atoms with van der Waals surface area (Å²) in [6.07, 6.45) is 3.46. The van der Waals surface area contributed by atoms with Crippen molar-refractivity contribution in [3.8, 4) is 0 Å². The maximum atomic E-state index is 5.91. The van der Waals surface area contributed by atoms with Crippen molar-refractivity contribution in [3.63, 3.8) is 0 Å². The van der Waals surface area contributed by atoms with E-state index in [0.717, 1.165) is 31.6 Å². The first-order chi connectivity index (χ1) is 12.2. The number of ether oxygens (including phenoxy) is 2. The van der Waals surface area contributed by atoms with Gasteiger partial charge in [-0.3, -0.25) is 0 Å². The van der Waals surface area contributed by atoms with Gasteiger partial charge in [-0.05, 0) is 32.1 Å². The first-order valence-electron chi connectivity index (χ1n) is 9.64. The first kappa shape index (κ1) is 24.2. The molecule has 0 amide bonds. The maximum Gasteiger partial charge on any atom is 0.110 e. The van der Waals surface area contributed by atoms with Crippen molar-refractivity contribution in [1.82, 2.24) is 0 Å². The zero-order chi connectivity index (χ0) is 19.3. The van der Waals surface area contributed by atoms with Crippen LogP contribution in [-0.4, -0.2) is 82.4 Å². The third-order valence-electron chi connectivity index (χ3n) is 7.04. The molecule has 141 valence electrons. The largest absolute Gasteiger partial charge is 0.380 e. The Kier molecular flexibility index (Phi) is 7.71. The molecule has 0 aromatic carbocycles. The second kappa shape index (κ2) is 8.59. The molecule has 0 N–H and O–H groups in total. The quantitative estimate of drug-likeness (QED) is 0.667. The highest BCUT2D eigenvalue weighted by Crippen LogP contribution is 2.74. The predicted molar refractivity (Wildman–Crippen MR) is 125 cm³/mol.